The van der Waals surface area contributed by atoms with Crippen LogP contribution in [-0.2, 0) is 0 Å². The van der Waals surface area contributed by atoms with Gasteiger partial charge >= 0.3 is 0 Å². The molecule has 0 spiro atoms. The number of hydrogen-bond donors (Lipinski definition) is 1. The zero-order valence-corrected chi connectivity index (χ0v) is 14.1. The van der Waals surface area contributed by atoms with Gasteiger partial charge in [0.25, 0.3) is 0 Å². The SMILES string of the molecule is Cc1ncc2nc(C)c(C3CCN(Oc4ccccc4)CC3)c-2[nH]1. The number of aryl methyl sites for hydroxylation is 2. The molecular weight excluding hydrogens is 300 g/mol. The third kappa shape index (κ3) is 2.87. The first-order chi connectivity index (χ1) is 11.7. The number of nitrogens with one attached hydrogen (secondary N) is 1. The highest BCUT2D eigenvalue weighted by atomic mass is 16.7. The van der Waals surface area contributed by atoms with Gasteiger partial charge in [-0.2, -0.15) is 0 Å². The molecule has 5 nitrogen and oxygen atoms in total. The zero-order chi connectivity index (χ0) is 16.5. The number of para-hydroxylation sites is 1. The first kappa shape index (κ1) is 15.1. The molecule has 0 unspecified atom stereocenters. The van der Waals surface area contributed by atoms with Crippen molar-refractivity contribution in [3.05, 3.63) is 53.6 Å². The van der Waals surface area contributed by atoms with Crippen molar-refractivity contribution in [2.75, 3.05) is 13.1 Å². The highest BCUT2D eigenvalue weighted by Crippen LogP contribution is 2.37. The van der Waals surface area contributed by atoms with Crippen molar-refractivity contribution in [1.82, 2.24) is 20.0 Å². The number of aromatic amines is 1. The normalized spacial score (nSPS) is 16.6. The maximum absolute atomic E-state index is 5.96. The number of rotatable bonds is 3. The zero-order valence-electron chi connectivity index (χ0n) is 14.1. The van der Waals surface area contributed by atoms with Crippen LogP contribution in [0.4, 0.5) is 0 Å². The molecule has 0 aromatic heterocycles. The van der Waals surface area contributed by atoms with E-state index in [4.69, 9.17) is 4.84 Å². The summed E-state index contributed by atoms with van der Waals surface area (Å²) in [7, 11) is 0. The van der Waals surface area contributed by atoms with Gasteiger partial charge in [-0.05, 0) is 44.7 Å². The number of fused-ring (bicyclic) bond motifs is 1. The second-order valence-corrected chi connectivity index (χ2v) is 6.45. The van der Waals surface area contributed by atoms with E-state index in [1.54, 1.807) is 0 Å². The monoisotopic (exact) mass is 322 g/mol. The van der Waals surface area contributed by atoms with Crippen molar-refractivity contribution in [2.45, 2.75) is 32.6 Å². The number of aromatic nitrogens is 3. The molecule has 3 heterocycles. The Morgan fingerprint density at radius 1 is 1.12 bits per heavy atom. The largest absolute Gasteiger partial charge is 0.406 e. The standard InChI is InChI=1S/C19H22N4O/c1-13-18(19-17(21-13)12-20-14(2)22-19)15-8-10-23(11-9-15)24-16-6-4-3-5-7-16/h3-7,12,15H,8-11H2,1-2H3,(H,20,22). The minimum atomic E-state index is 0.517. The predicted molar refractivity (Wildman–Crippen MR) is 93.1 cm³/mol. The molecule has 124 valence electrons. The summed E-state index contributed by atoms with van der Waals surface area (Å²) in [5.74, 6) is 2.35. The molecule has 0 aliphatic carbocycles. The summed E-state index contributed by atoms with van der Waals surface area (Å²) in [5.41, 5.74) is 4.60. The number of H-pyrrole nitrogens is 1. The van der Waals surface area contributed by atoms with Gasteiger partial charge in [-0.25, -0.2) is 9.97 Å². The fraction of sp³-hybridized carbons (Fsp3) is 0.368. The minimum Gasteiger partial charge on any atom is -0.406 e. The van der Waals surface area contributed by atoms with Gasteiger partial charge in [-0.15, -0.1) is 5.06 Å². The maximum Gasteiger partial charge on any atom is 0.147 e. The van der Waals surface area contributed by atoms with Gasteiger partial charge in [-0.1, -0.05) is 18.2 Å². The molecule has 3 aliphatic rings. The Morgan fingerprint density at radius 2 is 1.88 bits per heavy atom. The van der Waals surface area contributed by atoms with Crippen LogP contribution in [-0.4, -0.2) is 33.1 Å². The summed E-state index contributed by atoms with van der Waals surface area (Å²) >= 11 is 0. The summed E-state index contributed by atoms with van der Waals surface area (Å²) in [4.78, 5) is 18.4. The Hall–Kier alpha value is -2.40. The topological polar surface area (TPSA) is 54.0 Å². The lowest BCUT2D eigenvalue weighted by Crippen LogP contribution is -2.35. The Morgan fingerprint density at radius 3 is 2.62 bits per heavy atom. The summed E-state index contributed by atoms with van der Waals surface area (Å²) in [5, 5.41) is 2.07. The van der Waals surface area contributed by atoms with Gasteiger partial charge in [0.15, 0.2) is 0 Å². The van der Waals surface area contributed by atoms with Crippen molar-refractivity contribution in [2.24, 2.45) is 0 Å². The Balaban J connectivity index is 1.48. The van der Waals surface area contributed by atoms with E-state index >= 15 is 0 Å². The molecule has 0 bridgehead atoms. The van der Waals surface area contributed by atoms with E-state index in [-0.39, 0.29) is 0 Å². The number of hydroxylamine groups is 2. The number of nitrogens with zero attached hydrogens (tertiary/aromatic N) is 3. The molecular formula is C19H22N4O. The van der Waals surface area contributed by atoms with Gasteiger partial charge in [0.2, 0.25) is 0 Å². The Labute approximate surface area is 142 Å². The minimum absolute atomic E-state index is 0.517. The predicted octanol–water partition coefficient (Wildman–Crippen LogP) is 3.70. The third-order valence-electron chi connectivity index (χ3n) is 4.73. The Bertz CT molecular complexity index is 791. The number of hydrogen-bond acceptors (Lipinski definition) is 4. The van der Waals surface area contributed by atoms with Crippen molar-refractivity contribution in [1.29, 1.82) is 0 Å². The third-order valence-corrected chi connectivity index (χ3v) is 4.73. The Kier molecular flexibility index (Phi) is 3.94. The molecule has 0 radical (unpaired) electrons. The fourth-order valence-corrected chi connectivity index (χ4v) is 3.58. The molecule has 5 heteroatoms. The quantitative estimate of drug-likeness (QED) is 0.799. The van der Waals surface area contributed by atoms with Crippen LogP contribution < -0.4 is 4.84 Å². The van der Waals surface area contributed by atoms with E-state index in [2.05, 4.69) is 26.9 Å². The number of benzene rings is 1. The molecule has 1 fully saturated rings. The highest BCUT2D eigenvalue weighted by molar-refractivity contribution is 5.64. The van der Waals surface area contributed by atoms with Crippen molar-refractivity contribution < 1.29 is 4.84 Å². The summed E-state index contributed by atoms with van der Waals surface area (Å²) in [6, 6.07) is 9.99. The molecule has 0 saturated carbocycles. The summed E-state index contributed by atoms with van der Waals surface area (Å²) in [6.45, 7) is 5.94. The van der Waals surface area contributed by atoms with Crippen LogP contribution in [0.25, 0.3) is 11.4 Å². The van der Waals surface area contributed by atoms with Crippen LogP contribution in [0.1, 0.15) is 35.8 Å². The smallest absolute Gasteiger partial charge is 0.147 e. The van der Waals surface area contributed by atoms with E-state index in [9.17, 15) is 0 Å². The molecule has 0 atom stereocenters. The van der Waals surface area contributed by atoms with Gasteiger partial charge in [-0.3, -0.25) is 0 Å². The van der Waals surface area contributed by atoms with E-state index in [0.717, 1.165) is 54.6 Å². The average Bonchev–Trinajstić information content (AvgIpc) is 2.92. The van der Waals surface area contributed by atoms with Gasteiger partial charge in [0, 0.05) is 24.3 Å². The van der Waals surface area contributed by atoms with E-state index in [1.165, 1.54) is 5.56 Å². The second-order valence-electron chi connectivity index (χ2n) is 6.45. The lowest BCUT2D eigenvalue weighted by molar-refractivity contribution is -0.0756. The van der Waals surface area contributed by atoms with Crippen molar-refractivity contribution >= 4 is 0 Å². The van der Waals surface area contributed by atoms with Crippen molar-refractivity contribution in [3.8, 4) is 17.1 Å². The first-order valence-corrected chi connectivity index (χ1v) is 8.50. The van der Waals surface area contributed by atoms with Gasteiger partial charge in [0.05, 0.1) is 11.9 Å². The summed E-state index contributed by atoms with van der Waals surface area (Å²) < 4.78 is 0. The van der Waals surface area contributed by atoms with Crippen LogP contribution in [0.15, 0.2) is 36.5 Å². The molecule has 1 N–H and O–H groups in total. The molecule has 4 rings (SSSR count). The van der Waals surface area contributed by atoms with E-state index < -0.39 is 0 Å². The average molecular weight is 322 g/mol. The van der Waals surface area contributed by atoms with E-state index in [1.807, 2.05) is 43.5 Å². The van der Waals surface area contributed by atoms with Crippen LogP contribution >= 0.6 is 0 Å². The van der Waals surface area contributed by atoms with Gasteiger partial charge < -0.3 is 9.82 Å². The van der Waals surface area contributed by atoms with Gasteiger partial charge in [0.1, 0.15) is 17.3 Å². The second kappa shape index (κ2) is 6.24. The molecule has 1 aromatic rings. The maximum atomic E-state index is 5.96. The fourth-order valence-electron chi connectivity index (χ4n) is 3.58. The van der Waals surface area contributed by atoms with Crippen LogP contribution in [0.3, 0.4) is 0 Å². The molecule has 0 amide bonds. The lowest BCUT2D eigenvalue weighted by atomic mass is 9.88. The van der Waals surface area contributed by atoms with Crippen LogP contribution in [0.2, 0.25) is 0 Å². The van der Waals surface area contributed by atoms with Crippen LogP contribution in [0, 0.1) is 13.8 Å². The molecule has 3 aliphatic heterocycles. The van der Waals surface area contributed by atoms with Crippen LogP contribution in [0.5, 0.6) is 5.75 Å². The molecule has 1 saturated heterocycles. The molecule has 24 heavy (non-hydrogen) atoms. The number of piperidine rings is 1. The first-order valence-electron chi connectivity index (χ1n) is 8.50. The van der Waals surface area contributed by atoms with E-state index in [0.29, 0.717) is 5.92 Å². The highest BCUT2D eigenvalue weighted by Gasteiger charge is 2.28. The summed E-state index contributed by atoms with van der Waals surface area (Å²) in [6.07, 6.45) is 4.01. The van der Waals surface area contributed by atoms with Crippen molar-refractivity contribution in [3.63, 3.8) is 0 Å². The lowest BCUT2D eigenvalue weighted by Gasteiger charge is -2.31. The molecule has 1 aromatic carbocycles.